The van der Waals surface area contributed by atoms with Crippen LogP contribution in [0.2, 0.25) is 10.0 Å². The highest BCUT2D eigenvalue weighted by Gasteiger charge is 2.34. The zero-order valence-corrected chi connectivity index (χ0v) is 14.2. The Labute approximate surface area is 149 Å². The topological polar surface area (TPSA) is 62.3 Å². The quantitative estimate of drug-likeness (QED) is 0.905. The fraction of sp³-hybridized carbons (Fsp3) is 0.235. The summed E-state index contributed by atoms with van der Waals surface area (Å²) in [4.78, 5) is 30.2. The molecule has 0 radical (unpaired) electrons. The Balaban J connectivity index is 1.63. The predicted octanol–water partition coefficient (Wildman–Crippen LogP) is 3.38. The van der Waals surface area contributed by atoms with E-state index in [1.807, 2.05) is 12.1 Å². The van der Waals surface area contributed by atoms with Crippen molar-refractivity contribution >= 4 is 40.7 Å². The first-order valence-corrected chi connectivity index (χ1v) is 8.21. The number of hydrogen-bond acceptors (Lipinski definition) is 3. The van der Waals surface area contributed by atoms with Crippen LogP contribution < -0.4 is 5.32 Å². The van der Waals surface area contributed by atoms with Crippen LogP contribution in [0.3, 0.4) is 0 Å². The van der Waals surface area contributed by atoms with Crippen LogP contribution in [0.1, 0.15) is 12.0 Å². The third-order valence-corrected chi connectivity index (χ3v) is 4.42. The van der Waals surface area contributed by atoms with E-state index in [0.29, 0.717) is 28.8 Å². The number of aromatic nitrogens is 1. The van der Waals surface area contributed by atoms with Gasteiger partial charge in [0.2, 0.25) is 11.8 Å². The van der Waals surface area contributed by atoms with Crippen molar-refractivity contribution in [3.8, 4) is 0 Å². The second kappa shape index (κ2) is 7.20. The van der Waals surface area contributed by atoms with Gasteiger partial charge in [0.15, 0.2) is 0 Å². The molecule has 1 aliphatic heterocycles. The third kappa shape index (κ3) is 3.86. The summed E-state index contributed by atoms with van der Waals surface area (Å²) in [5.74, 6) is -0.664. The zero-order chi connectivity index (χ0) is 17.1. The monoisotopic (exact) mass is 363 g/mol. The van der Waals surface area contributed by atoms with Crippen LogP contribution in [0.4, 0.5) is 5.69 Å². The van der Waals surface area contributed by atoms with Crippen LogP contribution in [0.25, 0.3) is 0 Å². The van der Waals surface area contributed by atoms with E-state index >= 15 is 0 Å². The minimum atomic E-state index is -0.402. The number of carbonyl (C=O) groups excluding carboxylic acids is 2. The maximum absolute atomic E-state index is 12.4. The molecular weight excluding hydrogens is 349 g/mol. The van der Waals surface area contributed by atoms with Crippen molar-refractivity contribution in [2.24, 2.45) is 5.92 Å². The standard InChI is InChI=1S/C17H15Cl2N3O2/c18-13-3-4-15(14(19)7-13)21-17(24)12-6-16(23)22(10-12)9-11-2-1-5-20-8-11/h1-5,7-8,12H,6,9-10H2,(H,21,24). The van der Waals surface area contributed by atoms with Crippen LogP contribution in [-0.2, 0) is 16.1 Å². The second-order valence-corrected chi connectivity index (χ2v) is 6.49. The minimum absolute atomic E-state index is 0.0405. The molecule has 1 atom stereocenters. The fourth-order valence-electron chi connectivity index (χ4n) is 2.64. The van der Waals surface area contributed by atoms with Crippen molar-refractivity contribution in [1.82, 2.24) is 9.88 Å². The normalized spacial score (nSPS) is 17.2. The lowest BCUT2D eigenvalue weighted by molar-refractivity contribution is -0.128. The molecule has 1 unspecified atom stereocenters. The van der Waals surface area contributed by atoms with Crippen molar-refractivity contribution in [3.05, 3.63) is 58.3 Å². The highest BCUT2D eigenvalue weighted by Crippen LogP contribution is 2.27. The number of rotatable bonds is 4. The summed E-state index contributed by atoms with van der Waals surface area (Å²) >= 11 is 11.9. The highest BCUT2D eigenvalue weighted by molar-refractivity contribution is 6.36. The van der Waals surface area contributed by atoms with Gasteiger partial charge in [-0.15, -0.1) is 0 Å². The summed E-state index contributed by atoms with van der Waals surface area (Å²) in [5.41, 5.74) is 1.43. The van der Waals surface area contributed by atoms with Crippen molar-refractivity contribution in [2.75, 3.05) is 11.9 Å². The first-order valence-electron chi connectivity index (χ1n) is 7.45. The van der Waals surface area contributed by atoms with Crippen LogP contribution in [0, 0.1) is 5.92 Å². The van der Waals surface area contributed by atoms with E-state index in [1.165, 1.54) is 0 Å². The summed E-state index contributed by atoms with van der Waals surface area (Å²) < 4.78 is 0. The number of nitrogens with zero attached hydrogens (tertiary/aromatic N) is 2. The van der Waals surface area contributed by atoms with Crippen LogP contribution in [0.5, 0.6) is 0 Å². The average molecular weight is 364 g/mol. The molecule has 0 spiro atoms. The fourth-order valence-corrected chi connectivity index (χ4v) is 3.09. The van der Waals surface area contributed by atoms with Gasteiger partial charge in [0, 0.05) is 36.9 Å². The molecule has 1 aliphatic rings. The van der Waals surface area contributed by atoms with Crippen LogP contribution in [-0.4, -0.2) is 28.2 Å². The Morgan fingerprint density at radius 2 is 2.17 bits per heavy atom. The van der Waals surface area contributed by atoms with Gasteiger partial charge >= 0.3 is 0 Å². The molecule has 1 N–H and O–H groups in total. The van der Waals surface area contributed by atoms with Gasteiger partial charge in [-0.25, -0.2) is 0 Å². The van der Waals surface area contributed by atoms with E-state index in [9.17, 15) is 9.59 Å². The molecule has 5 nitrogen and oxygen atoms in total. The van der Waals surface area contributed by atoms with Crippen molar-refractivity contribution in [3.63, 3.8) is 0 Å². The number of likely N-dealkylation sites (tertiary alicyclic amines) is 1. The van der Waals surface area contributed by atoms with Crippen molar-refractivity contribution in [1.29, 1.82) is 0 Å². The van der Waals surface area contributed by atoms with E-state index in [4.69, 9.17) is 23.2 Å². The summed E-state index contributed by atoms with van der Waals surface area (Å²) in [7, 11) is 0. The van der Waals surface area contributed by atoms with Crippen molar-refractivity contribution in [2.45, 2.75) is 13.0 Å². The molecule has 1 aromatic heterocycles. The van der Waals surface area contributed by atoms with Crippen LogP contribution >= 0.6 is 23.2 Å². The second-order valence-electron chi connectivity index (χ2n) is 5.65. The smallest absolute Gasteiger partial charge is 0.229 e. The van der Waals surface area contributed by atoms with Gasteiger partial charge in [-0.1, -0.05) is 29.3 Å². The van der Waals surface area contributed by atoms with Gasteiger partial charge in [-0.2, -0.15) is 0 Å². The number of nitrogens with one attached hydrogen (secondary N) is 1. The van der Waals surface area contributed by atoms with Gasteiger partial charge in [0.1, 0.15) is 0 Å². The molecular formula is C17H15Cl2N3O2. The maximum atomic E-state index is 12.4. The molecule has 124 valence electrons. The van der Waals surface area contributed by atoms with Crippen LogP contribution in [0.15, 0.2) is 42.7 Å². The van der Waals surface area contributed by atoms with Gasteiger partial charge in [-0.05, 0) is 29.8 Å². The predicted molar refractivity (Wildman–Crippen MR) is 92.9 cm³/mol. The maximum Gasteiger partial charge on any atom is 0.229 e. The van der Waals surface area contributed by atoms with E-state index in [1.54, 1.807) is 35.5 Å². The Kier molecular flexibility index (Phi) is 5.02. The number of amides is 2. The SMILES string of the molecule is O=C(Nc1ccc(Cl)cc1Cl)C1CC(=O)N(Cc2cccnc2)C1. The average Bonchev–Trinajstić information content (AvgIpc) is 2.92. The Bertz CT molecular complexity index is 768. The number of pyridine rings is 1. The lowest BCUT2D eigenvalue weighted by atomic mass is 10.1. The molecule has 2 amide bonds. The van der Waals surface area contributed by atoms with E-state index < -0.39 is 5.92 Å². The molecule has 0 saturated carbocycles. The number of hydrogen-bond donors (Lipinski definition) is 1. The molecule has 7 heteroatoms. The third-order valence-electron chi connectivity index (χ3n) is 3.87. The summed E-state index contributed by atoms with van der Waals surface area (Å²) in [6, 6.07) is 8.58. The Morgan fingerprint density at radius 1 is 1.33 bits per heavy atom. The summed E-state index contributed by atoms with van der Waals surface area (Å²) in [5, 5.41) is 3.63. The summed E-state index contributed by atoms with van der Waals surface area (Å²) in [6.07, 6.45) is 3.59. The largest absolute Gasteiger partial charge is 0.337 e. The van der Waals surface area contributed by atoms with E-state index in [0.717, 1.165) is 5.56 Å². The molecule has 24 heavy (non-hydrogen) atoms. The molecule has 2 heterocycles. The van der Waals surface area contributed by atoms with Gasteiger partial charge in [0.25, 0.3) is 0 Å². The van der Waals surface area contributed by atoms with Gasteiger partial charge in [-0.3, -0.25) is 14.6 Å². The number of halogens is 2. The molecule has 0 aliphatic carbocycles. The first kappa shape index (κ1) is 16.7. The summed E-state index contributed by atoms with van der Waals surface area (Å²) in [6.45, 7) is 0.836. The lowest BCUT2D eigenvalue weighted by Crippen LogP contribution is -2.28. The number of benzene rings is 1. The Morgan fingerprint density at radius 3 is 2.88 bits per heavy atom. The number of carbonyl (C=O) groups is 2. The van der Waals surface area contributed by atoms with Gasteiger partial charge < -0.3 is 10.2 Å². The van der Waals surface area contributed by atoms with E-state index in [-0.39, 0.29) is 18.2 Å². The van der Waals surface area contributed by atoms with E-state index in [2.05, 4.69) is 10.3 Å². The zero-order valence-electron chi connectivity index (χ0n) is 12.7. The molecule has 1 aromatic carbocycles. The first-order chi connectivity index (χ1) is 11.5. The molecule has 0 bridgehead atoms. The number of anilines is 1. The minimum Gasteiger partial charge on any atom is -0.337 e. The molecule has 3 rings (SSSR count). The Hall–Kier alpha value is -2.11. The highest BCUT2D eigenvalue weighted by atomic mass is 35.5. The molecule has 2 aromatic rings. The molecule has 1 fully saturated rings. The molecule has 1 saturated heterocycles. The van der Waals surface area contributed by atoms with Crippen molar-refractivity contribution < 1.29 is 9.59 Å². The van der Waals surface area contributed by atoms with Gasteiger partial charge in [0.05, 0.1) is 16.6 Å². The lowest BCUT2D eigenvalue weighted by Gasteiger charge is -2.16.